The summed E-state index contributed by atoms with van der Waals surface area (Å²) in [7, 11) is -4.81. The Hall–Kier alpha value is -3.37. The maximum atomic E-state index is 12.8. The van der Waals surface area contributed by atoms with E-state index in [0.717, 1.165) is 10.9 Å². The van der Waals surface area contributed by atoms with Crippen molar-refractivity contribution in [2.75, 3.05) is 24.7 Å². The number of ether oxygens (including phenoxy) is 2. The van der Waals surface area contributed by atoms with Gasteiger partial charge in [0, 0.05) is 12.8 Å². The predicted octanol–water partition coefficient (Wildman–Crippen LogP) is -2.20. The van der Waals surface area contributed by atoms with E-state index in [0.29, 0.717) is 0 Å². The molecule has 3 aromatic rings. The van der Waals surface area contributed by atoms with Crippen LogP contribution in [-0.4, -0.2) is 87.2 Å². The summed E-state index contributed by atoms with van der Waals surface area (Å²) in [4.78, 5) is 46.7. The zero-order chi connectivity index (χ0) is 28.6. The summed E-state index contributed by atoms with van der Waals surface area (Å²) < 4.78 is 40.0. The first kappa shape index (κ1) is 28.2. The first-order chi connectivity index (χ1) is 19.1. The molecule has 8 N–H and O–H groups in total. The minimum absolute atomic E-state index is 0.00269. The lowest BCUT2D eigenvalue weighted by Crippen LogP contribution is -2.29. The molecule has 2 aliphatic heterocycles. The Labute approximate surface area is 221 Å². The molecule has 2 saturated heterocycles. The van der Waals surface area contributed by atoms with Gasteiger partial charge < -0.3 is 31.2 Å². The fraction of sp³-hybridized carbons (Fsp3) is 0.556. The van der Waals surface area contributed by atoms with E-state index < -0.39 is 69.2 Å². The van der Waals surface area contributed by atoms with E-state index in [1.54, 1.807) is 0 Å². The van der Waals surface area contributed by atoms with Crippen molar-refractivity contribution in [1.29, 1.82) is 0 Å². The number of aromatic nitrogens is 7. The van der Waals surface area contributed by atoms with E-state index in [4.69, 9.17) is 35.0 Å². The van der Waals surface area contributed by atoms with Gasteiger partial charge in [-0.05, 0) is 0 Å². The number of aliphatic hydroxyl groups excluding tert-OH is 2. The molecule has 5 heterocycles. The van der Waals surface area contributed by atoms with Gasteiger partial charge in [0.2, 0.25) is 11.9 Å². The van der Waals surface area contributed by atoms with Gasteiger partial charge >= 0.3 is 13.5 Å². The zero-order valence-corrected chi connectivity index (χ0v) is 21.1. The minimum Gasteiger partial charge on any atom is -0.394 e. The van der Waals surface area contributed by atoms with Crippen molar-refractivity contribution >= 4 is 30.9 Å². The topological polar surface area (TPSA) is 297 Å². The Morgan fingerprint density at radius 1 is 1.10 bits per heavy atom. The summed E-state index contributed by atoms with van der Waals surface area (Å²) in [5.41, 5.74) is 9.76. The maximum Gasteiger partial charge on any atom is 0.529 e. The second-order valence-electron chi connectivity index (χ2n) is 8.69. The van der Waals surface area contributed by atoms with Crippen molar-refractivity contribution in [3.05, 3.63) is 33.5 Å². The first-order valence-corrected chi connectivity index (χ1v) is 13.0. The second kappa shape index (κ2) is 11.2. The molecular weight excluding hydrogens is 565 g/mol. The number of phosphoric acid groups is 1. The molecule has 0 aromatic carbocycles. The summed E-state index contributed by atoms with van der Waals surface area (Å²) in [6.45, 7) is -1.19. The van der Waals surface area contributed by atoms with E-state index in [-0.39, 0.29) is 35.9 Å². The number of aliphatic hydroxyl groups is 2. The number of nitrogens with one attached hydrogen (secondary N) is 1. The molecule has 0 spiro atoms. The van der Waals surface area contributed by atoms with Gasteiger partial charge in [0.05, 0.1) is 25.6 Å². The van der Waals surface area contributed by atoms with Gasteiger partial charge in [0.1, 0.15) is 37.1 Å². The van der Waals surface area contributed by atoms with E-state index in [1.807, 2.05) is 0 Å². The number of anilines is 2. The summed E-state index contributed by atoms with van der Waals surface area (Å²) in [6, 6.07) is 0. The third-order valence-corrected chi connectivity index (χ3v) is 7.07. The molecule has 22 heteroatoms. The lowest BCUT2D eigenvalue weighted by atomic mass is 10.2. The minimum atomic E-state index is -4.81. The lowest BCUT2D eigenvalue weighted by molar-refractivity contribution is -0.293. The number of H-pyrrole nitrogens is 1. The molecule has 0 radical (unpaired) electrons. The monoisotopic (exact) mass is 589 g/mol. The van der Waals surface area contributed by atoms with Crippen LogP contribution in [-0.2, 0) is 32.8 Å². The van der Waals surface area contributed by atoms with Crippen LogP contribution >= 0.6 is 7.82 Å². The van der Waals surface area contributed by atoms with Gasteiger partial charge in [0.25, 0.3) is 5.56 Å². The second-order valence-corrected chi connectivity index (χ2v) is 10.2. The highest BCUT2D eigenvalue weighted by Gasteiger charge is 2.43. The third kappa shape index (κ3) is 5.60. The number of nitrogens with zero attached hydrogens (tertiary/aromatic N) is 6. The van der Waals surface area contributed by atoms with Crippen LogP contribution < -0.4 is 22.7 Å². The summed E-state index contributed by atoms with van der Waals surface area (Å²) >= 11 is 0. The van der Waals surface area contributed by atoms with Crippen molar-refractivity contribution in [1.82, 2.24) is 34.1 Å². The van der Waals surface area contributed by atoms with Crippen molar-refractivity contribution in [2.45, 2.75) is 49.7 Å². The average Bonchev–Trinajstić information content (AvgIpc) is 3.62. The number of fused-ring (bicyclic) bond motifs is 1. The van der Waals surface area contributed by atoms with Crippen molar-refractivity contribution in [2.24, 2.45) is 0 Å². The molecule has 1 unspecified atom stereocenters. The van der Waals surface area contributed by atoms with Gasteiger partial charge in [-0.1, -0.05) is 0 Å². The molecule has 7 atom stereocenters. The normalized spacial score (nSPS) is 28.3. The molecule has 40 heavy (non-hydrogen) atoms. The third-order valence-electron chi connectivity index (χ3n) is 6.14. The fourth-order valence-corrected chi connectivity index (χ4v) is 4.87. The number of imidazole rings is 1. The Kier molecular flexibility index (Phi) is 7.92. The number of hydrogen-bond donors (Lipinski definition) is 6. The van der Waals surface area contributed by atoms with Crippen molar-refractivity contribution < 1.29 is 48.3 Å². The number of nitrogens with two attached hydrogens (primary N) is 2. The van der Waals surface area contributed by atoms with Crippen LogP contribution in [0, 0.1) is 0 Å². The molecule has 5 rings (SSSR count). The van der Waals surface area contributed by atoms with Gasteiger partial charge in [-0.25, -0.2) is 29.5 Å². The smallest absolute Gasteiger partial charge is 0.394 e. The lowest BCUT2D eigenvalue weighted by Gasteiger charge is -2.20. The number of aromatic amines is 1. The summed E-state index contributed by atoms with van der Waals surface area (Å²) in [5.74, 6) is -0.392. The van der Waals surface area contributed by atoms with Gasteiger partial charge in [-0.2, -0.15) is 9.97 Å². The molecule has 0 aliphatic carbocycles. The van der Waals surface area contributed by atoms with Gasteiger partial charge in [-0.3, -0.25) is 23.4 Å². The van der Waals surface area contributed by atoms with E-state index in [1.165, 1.54) is 10.9 Å². The molecule has 0 saturated carbocycles. The SMILES string of the molecule is Nc1ncn([C@H]2C[C@H](OOP(=O)(OO)OC[C@H]3O[C@@H](n4cnc5c(=O)[nH]c(N)nc54)C[C@@H]3O)[C@@H](CO)O2)c(=O)n1. The molecule has 0 amide bonds. The Morgan fingerprint density at radius 3 is 2.55 bits per heavy atom. The van der Waals surface area contributed by atoms with E-state index >= 15 is 0 Å². The van der Waals surface area contributed by atoms with Crippen LogP contribution in [0.5, 0.6) is 0 Å². The largest absolute Gasteiger partial charge is 0.529 e. The number of rotatable bonds is 10. The number of nitrogen functional groups attached to an aromatic ring is 2. The molecular formula is C18H24N9O12P. The quantitative estimate of drug-likeness (QED) is 0.0829. The summed E-state index contributed by atoms with van der Waals surface area (Å²) in [5, 5.41) is 29.2. The van der Waals surface area contributed by atoms with Crippen molar-refractivity contribution in [3.8, 4) is 0 Å². The molecule has 2 fully saturated rings. The van der Waals surface area contributed by atoms with Crippen molar-refractivity contribution in [3.63, 3.8) is 0 Å². The maximum absolute atomic E-state index is 12.8. The first-order valence-electron chi connectivity index (χ1n) is 11.6. The standard InChI is InChI=1S/C18H24N9O12P/c19-16-22-6-27(18(31)25-16)12-2-8(9(3-28)35-12)37-39-40(33,38-32)34-4-10-7(29)1-11(36-10)26-5-21-13-14(26)23-17(20)24-15(13)30/h5-12,28-29,32H,1-4H2,(H2,19,25,31)(H3,20,23,24,30)/t7-,8-,9+,10+,11+,12+,40?/m0/s1. The predicted molar refractivity (Wildman–Crippen MR) is 127 cm³/mol. The van der Waals surface area contributed by atoms with E-state index in [2.05, 4.69) is 29.6 Å². The fourth-order valence-electron chi connectivity index (χ4n) is 4.21. The van der Waals surface area contributed by atoms with Crippen LogP contribution in [0.15, 0.2) is 22.2 Å². The number of hydrogen-bond acceptors (Lipinski definition) is 18. The van der Waals surface area contributed by atoms with Gasteiger partial charge in [0.15, 0.2) is 11.2 Å². The van der Waals surface area contributed by atoms with Crippen LogP contribution in [0.25, 0.3) is 11.2 Å². The Morgan fingerprint density at radius 2 is 1.82 bits per heavy atom. The van der Waals surface area contributed by atoms with Crippen LogP contribution in [0.3, 0.4) is 0 Å². The molecule has 218 valence electrons. The highest BCUT2D eigenvalue weighted by molar-refractivity contribution is 7.48. The Bertz CT molecular complexity index is 1530. The molecule has 21 nitrogen and oxygen atoms in total. The molecule has 2 aliphatic rings. The van der Waals surface area contributed by atoms with Crippen LogP contribution in [0.2, 0.25) is 0 Å². The molecule has 0 bridgehead atoms. The van der Waals surface area contributed by atoms with Gasteiger partial charge in [-0.15, -0.1) is 9.35 Å². The summed E-state index contributed by atoms with van der Waals surface area (Å²) in [6.07, 6.45) is -3.99. The average molecular weight is 589 g/mol. The van der Waals surface area contributed by atoms with Crippen LogP contribution in [0.4, 0.5) is 11.9 Å². The highest BCUT2D eigenvalue weighted by atomic mass is 31.2. The molecule has 3 aromatic heterocycles. The highest BCUT2D eigenvalue weighted by Crippen LogP contribution is 2.50. The van der Waals surface area contributed by atoms with Crippen LogP contribution in [0.1, 0.15) is 25.3 Å². The van der Waals surface area contributed by atoms with E-state index in [9.17, 15) is 29.6 Å². The zero-order valence-electron chi connectivity index (χ0n) is 20.2. The Balaban J connectivity index is 1.19.